The van der Waals surface area contributed by atoms with Crippen molar-refractivity contribution in [2.45, 2.75) is 57.5 Å². The molecule has 2 aliphatic rings. The summed E-state index contributed by atoms with van der Waals surface area (Å²) in [6.07, 6.45) is 4.23. The van der Waals surface area contributed by atoms with Crippen LogP contribution in [0.3, 0.4) is 0 Å². The number of imidazole rings is 1. The molecule has 4 atom stereocenters. The molecule has 0 spiro atoms. The fourth-order valence-corrected chi connectivity index (χ4v) is 3.20. The molecule has 1 amide bonds. The van der Waals surface area contributed by atoms with Crippen molar-refractivity contribution >= 4 is 6.09 Å². The Bertz CT molecular complexity index is 511. The quantitative estimate of drug-likeness (QED) is 0.777. The Morgan fingerprint density at radius 2 is 2.32 bits per heavy atom. The van der Waals surface area contributed by atoms with Crippen molar-refractivity contribution in [3.63, 3.8) is 0 Å². The number of nitrogens with zero attached hydrogens (tertiary/aromatic N) is 1. The summed E-state index contributed by atoms with van der Waals surface area (Å²) in [5.74, 6) is 0.367. The lowest BCUT2D eigenvalue weighted by Gasteiger charge is -2.48. The van der Waals surface area contributed by atoms with E-state index in [1.54, 1.807) is 12.5 Å². The lowest BCUT2D eigenvalue weighted by Crippen LogP contribution is -2.70. The smallest absolute Gasteiger partial charge is 0.407 e. The van der Waals surface area contributed by atoms with Crippen LogP contribution in [0.25, 0.3) is 0 Å². The van der Waals surface area contributed by atoms with E-state index in [4.69, 9.17) is 9.47 Å². The van der Waals surface area contributed by atoms with Crippen LogP contribution in [-0.4, -0.2) is 46.5 Å². The van der Waals surface area contributed by atoms with Gasteiger partial charge in [-0.05, 0) is 27.2 Å². The summed E-state index contributed by atoms with van der Waals surface area (Å²) in [5, 5.41) is 6.44. The third kappa shape index (κ3) is 3.25. The number of rotatable bonds is 4. The summed E-state index contributed by atoms with van der Waals surface area (Å²) in [7, 11) is 0. The largest absolute Gasteiger partial charge is 0.444 e. The molecule has 22 heavy (non-hydrogen) atoms. The highest BCUT2D eigenvalue weighted by Crippen LogP contribution is 2.39. The number of amides is 1. The number of aromatic amines is 1. The standard InChI is InChI=1S/C15H24N4O3/c1-15(2,3)22-14(20)19-11-10-4-5-21-13(10)12(11)17-7-9-6-16-8-18-9/h6,8,10-13,17H,4-5,7H2,1-3H3,(H,16,18)(H,19,20). The molecule has 1 aliphatic heterocycles. The van der Waals surface area contributed by atoms with E-state index in [9.17, 15) is 4.79 Å². The predicted octanol–water partition coefficient (Wildman–Crippen LogP) is 1.18. The van der Waals surface area contributed by atoms with E-state index in [0.717, 1.165) is 18.7 Å². The van der Waals surface area contributed by atoms with Crippen molar-refractivity contribution in [3.05, 3.63) is 18.2 Å². The van der Waals surface area contributed by atoms with Crippen molar-refractivity contribution in [2.24, 2.45) is 5.92 Å². The maximum absolute atomic E-state index is 12.0. The molecule has 3 N–H and O–H groups in total. The zero-order chi connectivity index (χ0) is 15.7. The number of nitrogens with one attached hydrogen (secondary N) is 3. The maximum atomic E-state index is 12.0. The molecule has 122 valence electrons. The molecule has 2 fully saturated rings. The van der Waals surface area contributed by atoms with E-state index >= 15 is 0 Å². The Balaban J connectivity index is 1.57. The molecule has 0 bridgehead atoms. The highest BCUT2D eigenvalue weighted by atomic mass is 16.6. The van der Waals surface area contributed by atoms with Gasteiger partial charge in [-0.15, -0.1) is 0 Å². The van der Waals surface area contributed by atoms with Crippen LogP contribution in [0.4, 0.5) is 4.79 Å². The second-order valence-corrected chi connectivity index (χ2v) is 6.94. The summed E-state index contributed by atoms with van der Waals surface area (Å²) in [4.78, 5) is 19.1. The minimum atomic E-state index is -0.488. The molecule has 1 aromatic rings. The molecule has 7 heteroatoms. The molecule has 1 aromatic heterocycles. The highest BCUT2D eigenvalue weighted by Gasteiger charge is 2.54. The van der Waals surface area contributed by atoms with Crippen LogP contribution < -0.4 is 10.6 Å². The van der Waals surface area contributed by atoms with Crippen LogP contribution in [0.5, 0.6) is 0 Å². The lowest BCUT2D eigenvalue weighted by molar-refractivity contribution is -0.0345. The molecule has 3 rings (SSSR count). The summed E-state index contributed by atoms with van der Waals surface area (Å²) in [6, 6.07) is 0.147. The first-order valence-corrected chi connectivity index (χ1v) is 7.76. The maximum Gasteiger partial charge on any atom is 0.407 e. The van der Waals surface area contributed by atoms with Crippen molar-refractivity contribution in [3.8, 4) is 0 Å². The minimum absolute atomic E-state index is 0.0465. The fraction of sp³-hybridized carbons (Fsp3) is 0.733. The van der Waals surface area contributed by atoms with Gasteiger partial charge in [0.15, 0.2) is 0 Å². The number of hydrogen-bond acceptors (Lipinski definition) is 5. The number of carbonyl (C=O) groups excluding carboxylic acids is 1. The zero-order valence-electron chi connectivity index (χ0n) is 13.3. The van der Waals surface area contributed by atoms with Crippen LogP contribution in [0.2, 0.25) is 0 Å². The van der Waals surface area contributed by atoms with E-state index in [1.165, 1.54) is 0 Å². The monoisotopic (exact) mass is 308 g/mol. The number of carbonyl (C=O) groups is 1. The number of hydrogen-bond donors (Lipinski definition) is 3. The molecule has 1 saturated heterocycles. The molecule has 2 heterocycles. The molecular formula is C15H24N4O3. The Kier molecular flexibility index (Phi) is 4.10. The number of H-pyrrole nitrogens is 1. The van der Waals surface area contributed by atoms with E-state index < -0.39 is 5.60 Å². The number of fused-ring (bicyclic) bond motifs is 1. The van der Waals surface area contributed by atoms with E-state index in [-0.39, 0.29) is 24.3 Å². The van der Waals surface area contributed by atoms with Gasteiger partial charge in [-0.2, -0.15) is 0 Å². The molecule has 1 aliphatic carbocycles. The first-order chi connectivity index (χ1) is 10.4. The Hall–Kier alpha value is -1.60. The fourth-order valence-electron chi connectivity index (χ4n) is 3.20. The molecule has 0 radical (unpaired) electrons. The van der Waals surface area contributed by atoms with Gasteiger partial charge in [0.1, 0.15) is 5.60 Å². The van der Waals surface area contributed by atoms with Gasteiger partial charge in [0.05, 0.1) is 24.5 Å². The molecule has 0 aromatic carbocycles. The predicted molar refractivity (Wildman–Crippen MR) is 80.2 cm³/mol. The summed E-state index contributed by atoms with van der Waals surface area (Å²) < 4.78 is 11.1. The van der Waals surface area contributed by atoms with E-state index in [2.05, 4.69) is 20.6 Å². The van der Waals surface area contributed by atoms with Crippen LogP contribution in [-0.2, 0) is 16.0 Å². The van der Waals surface area contributed by atoms with Crippen molar-refractivity contribution in [1.82, 2.24) is 20.6 Å². The van der Waals surface area contributed by atoms with Crippen LogP contribution in [0.15, 0.2) is 12.5 Å². The van der Waals surface area contributed by atoms with Gasteiger partial charge in [0.2, 0.25) is 0 Å². The number of alkyl carbamates (subject to hydrolysis) is 1. The van der Waals surface area contributed by atoms with Gasteiger partial charge >= 0.3 is 6.09 Å². The third-order valence-corrected chi connectivity index (χ3v) is 4.15. The molecular weight excluding hydrogens is 284 g/mol. The van der Waals surface area contributed by atoms with Gasteiger partial charge in [-0.3, -0.25) is 0 Å². The van der Waals surface area contributed by atoms with Gasteiger partial charge in [0, 0.05) is 31.0 Å². The summed E-state index contributed by atoms with van der Waals surface area (Å²) >= 11 is 0. The molecule has 1 saturated carbocycles. The second kappa shape index (κ2) is 5.89. The van der Waals surface area contributed by atoms with Crippen LogP contribution in [0, 0.1) is 5.92 Å². The highest BCUT2D eigenvalue weighted by molar-refractivity contribution is 5.68. The Labute approximate surface area is 130 Å². The number of ether oxygens (including phenoxy) is 2. The topological polar surface area (TPSA) is 88.3 Å². The third-order valence-electron chi connectivity index (χ3n) is 4.15. The SMILES string of the molecule is CC(C)(C)OC(=O)NC1C2CCOC2C1NCc1cnc[nH]1. The Morgan fingerprint density at radius 3 is 3.00 bits per heavy atom. The normalized spacial score (nSPS) is 30.5. The summed E-state index contributed by atoms with van der Waals surface area (Å²) in [6.45, 7) is 7.02. The Morgan fingerprint density at radius 1 is 1.50 bits per heavy atom. The number of aromatic nitrogens is 2. The molecule has 4 unspecified atom stereocenters. The average Bonchev–Trinajstić information content (AvgIpc) is 3.04. The van der Waals surface area contributed by atoms with Crippen molar-refractivity contribution in [2.75, 3.05) is 6.61 Å². The second-order valence-electron chi connectivity index (χ2n) is 6.94. The zero-order valence-corrected chi connectivity index (χ0v) is 13.3. The minimum Gasteiger partial charge on any atom is -0.444 e. The van der Waals surface area contributed by atoms with Crippen molar-refractivity contribution < 1.29 is 14.3 Å². The van der Waals surface area contributed by atoms with Gasteiger partial charge < -0.3 is 25.1 Å². The van der Waals surface area contributed by atoms with Gasteiger partial charge in [-0.1, -0.05) is 0 Å². The molecule has 7 nitrogen and oxygen atoms in total. The van der Waals surface area contributed by atoms with Crippen molar-refractivity contribution in [1.29, 1.82) is 0 Å². The van der Waals surface area contributed by atoms with Crippen LogP contribution in [0.1, 0.15) is 32.9 Å². The van der Waals surface area contributed by atoms with Gasteiger partial charge in [-0.25, -0.2) is 9.78 Å². The van der Waals surface area contributed by atoms with Crippen LogP contribution >= 0.6 is 0 Å². The van der Waals surface area contributed by atoms with Gasteiger partial charge in [0.25, 0.3) is 0 Å². The lowest BCUT2D eigenvalue weighted by atomic mass is 9.71. The van der Waals surface area contributed by atoms with E-state index in [1.807, 2.05) is 20.8 Å². The van der Waals surface area contributed by atoms with E-state index in [0.29, 0.717) is 12.5 Å². The first-order valence-electron chi connectivity index (χ1n) is 7.76. The summed E-state index contributed by atoms with van der Waals surface area (Å²) in [5.41, 5.74) is 0.524. The average molecular weight is 308 g/mol. The first kappa shape index (κ1) is 15.3.